The molecule has 0 saturated heterocycles. The minimum atomic E-state index is -1.13. The summed E-state index contributed by atoms with van der Waals surface area (Å²) in [5, 5.41) is 20.3. The van der Waals surface area contributed by atoms with Crippen molar-refractivity contribution in [3.63, 3.8) is 0 Å². The molecule has 0 heterocycles. The van der Waals surface area contributed by atoms with Crippen molar-refractivity contribution >= 4 is 23.5 Å². The summed E-state index contributed by atoms with van der Waals surface area (Å²) in [6.45, 7) is 1.68. The van der Waals surface area contributed by atoms with Gasteiger partial charge in [-0.25, -0.2) is 4.79 Å². The van der Waals surface area contributed by atoms with Crippen molar-refractivity contribution in [3.8, 4) is 0 Å². The van der Waals surface area contributed by atoms with Gasteiger partial charge in [-0.3, -0.25) is 9.59 Å². The molecule has 0 bridgehead atoms. The van der Waals surface area contributed by atoms with Crippen LogP contribution in [0.3, 0.4) is 0 Å². The lowest BCUT2D eigenvalue weighted by Gasteiger charge is -2.11. The van der Waals surface area contributed by atoms with Gasteiger partial charge in [0.25, 0.3) is 0 Å². The number of benzene rings is 1. The summed E-state index contributed by atoms with van der Waals surface area (Å²) in [4.78, 5) is 33.6. The standard InChI is InChI=1S/C13H13NO5/c1-6-3-2-4-7(12(16)17)10(6)14-11(15)8-5-9(8)13(18)19/h2-4,8-9H,5H2,1H3,(H,14,15)(H,16,17)(H,18,19)/t8-,9+/m0/s1. The second kappa shape index (κ2) is 4.72. The number of amides is 1. The van der Waals surface area contributed by atoms with Crippen molar-refractivity contribution in [2.75, 3.05) is 5.32 Å². The molecular formula is C13H13NO5. The number of carbonyl (C=O) groups excluding carboxylic acids is 1. The van der Waals surface area contributed by atoms with E-state index in [1.54, 1.807) is 19.1 Å². The molecule has 19 heavy (non-hydrogen) atoms. The van der Waals surface area contributed by atoms with E-state index in [0.29, 0.717) is 12.0 Å². The van der Waals surface area contributed by atoms with E-state index in [-0.39, 0.29) is 11.3 Å². The van der Waals surface area contributed by atoms with Crippen LogP contribution in [0.2, 0.25) is 0 Å². The molecule has 1 aromatic carbocycles. The molecule has 1 aromatic rings. The summed E-state index contributed by atoms with van der Waals surface area (Å²) in [5.41, 5.74) is 0.859. The first kappa shape index (κ1) is 13.1. The third-order valence-electron chi connectivity index (χ3n) is 3.20. The van der Waals surface area contributed by atoms with E-state index in [2.05, 4.69) is 5.32 Å². The molecular weight excluding hydrogens is 250 g/mol. The SMILES string of the molecule is Cc1cccc(C(=O)O)c1NC(=O)[C@H]1C[C@H]1C(=O)O. The van der Waals surface area contributed by atoms with Crippen LogP contribution in [0.1, 0.15) is 22.3 Å². The van der Waals surface area contributed by atoms with Gasteiger partial charge in [0.05, 0.1) is 23.1 Å². The number of carbonyl (C=O) groups is 3. The molecule has 3 N–H and O–H groups in total. The zero-order chi connectivity index (χ0) is 14.2. The van der Waals surface area contributed by atoms with Gasteiger partial charge in [-0.05, 0) is 25.0 Å². The predicted octanol–water partition coefficient (Wildman–Crippen LogP) is 1.35. The maximum Gasteiger partial charge on any atom is 0.337 e. The lowest BCUT2D eigenvalue weighted by atomic mass is 10.1. The highest BCUT2D eigenvalue weighted by Gasteiger charge is 2.48. The van der Waals surface area contributed by atoms with E-state index in [1.807, 2.05) is 0 Å². The molecule has 2 atom stereocenters. The van der Waals surface area contributed by atoms with Gasteiger partial charge in [0.15, 0.2) is 0 Å². The number of nitrogens with one attached hydrogen (secondary N) is 1. The van der Waals surface area contributed by atoms with Crippen LogP contribution in [0.15, 0.2) is 18.2 Å². The average molecular weight is 263 g/mol. The van der Waals surface area contributed by atoms with Gasteiger partial charge in [-0.15, -0.1) is 0 Å². The van der Waals surface area contributed by atoms with E-state index in [4.69, 9.17) is 10.2 Å². The van der Waals surface area contributed by atoms with Crippen LogP contribution >= 0.6 is 0 Å². The summed E-state index contributed by atoms with van der Waals surface area (Å²) < 4.78 is 0. The fourth-order valence-electron chi connectivity index (χ4n) is 1.99. The zero-order valence-corrected chi connectivity index (χ0v) is 10.2. The van der Waals surface area contributed by atoms with Crippen LogP contribution in [0.5, 0.6) is 0 Å². The Morgan fingerprint density at radius 3 is 2.42 bits per heavy atom. The summed E-state index contributed by atoms with van der Waals surface area (Å²) in [7, 11) is 0. The number of rotatable bonds is 4. The smallest absolute Gasteiger partial charge is 0.337 e. The number of para-hydroxylation sites is 1. The summed E-state index contributed by atoms with van der Waals surface area (Å²) in [6.07, 6.45) is 0.301. The molecule has 1 aliphatic carbocycles. The molecule has 1 amide bonds. The zero-order valence-electron chi connectivity index (χ0n) is 10.2. The summed E-state index contributed by atoms with van der Waals surface area (Å²) >= 11 is 0. The normalized spacial score (nSPS) is 20.7. The van der Waals surface area contributed by atoms with Crippen LogP contribution in [-0.2, 0) is 9.59 Å². The molecule has 6 heteroatoms. The third-order valence-corrected chi connectivity index (χ3v) is 3.20. The number of hydrogen-bond acceptors (Lipinski definition) is 3. The molecule has 1 aliphatic rings. The van der Waals surface area contributed by atoms with Gasteiger partial charge in [-0.2, -0.15) is 0 Å². The third kappa shape index (κ3) is 2.57. The van der Waals surface area contributed by atoms with Gasteiger partial charge < -0.3 is 15.5 Å². The largest absolute Gasteiger partial charge is 0.481 e. The Morgan fingerprint density at radius 2 is 1.89 bits per heavy atom. The molecule has 6 nitrogen and oxygen atoms in total. The molecule has 0 spiro atoms. The topological polar surface area (TPSA) is 104 Å². The number of carboxylic acid groups (broad SMARTS) is 2. The lowest BCUT2D eigenvalue weighted by Crippen LogP contribution is -2.19. The molecule has 0 unspecified atom stereocenters. The van der Waals surface area contributed by atoms with Crippen LogP contribution < -0.4 is 5.32 Å². The second-order valence-corrected chi connectivity index (χ2v) is 4.58. The average Bonchev–Trinajstić information content (AvgIpc) is 3.11. The first-order valence-electron chi connectivity index (χ1n) is 5.78. The Kier molecular flexibility index (Phi) is 3.25. The van der Waals surface area contributed by atoms with Crippen molar-refractivity contribution in [2.45, 2.75) is 13.3 Å². The van der Waals surface area contributed by atoms with Crippen molar-refractivity contribution in [3.05, 3.63) is 29.3 Å². The maximum absolute atomic E-state index is 11.8. The van der Waals surface area contributed by atoms with Crippen molar-refractivity contribution in [2.24, 2.45) is 11.8 Å². The van der Waals surface area contributed by atoms with Crippen LogP contribution in [0.4, 0.5) is 5.69 Å². The highest BCUT2D eigenvalue weighted by atomic mass is 16.4. The number of aryl methyl sites for hydroxylation is 1. The van der Waals surface area contributed by atoms with Gasteiger partial charge in [-0.1, -0.05) is 12.1 Å². The molecule has 2 rings (SSSR count). The van der Waals surface area contributed by atoms with E-state index >= 15 is 0 Å². The molecule has 1 saturated carbocycles. The second-order valence-electron chi connectivity index (χ2n) is 4.58. The summed E-state index contributed by atoms with van der Waals surface area (Å²) in [6, 6.07) is 4.67. The molecule has 0 radical (unpaired) electrons. The van der Waals surface area contributed by atoms with E-state index in [1.165, 1.54) is 6.07 Å². The quantitative estimate of drug-likeness (QED) is 0.760. The maximum atomic E-state index is 11.8. The lowest BCUT2D eigenvalue weighted by molar-refractivity contribution is -0.139. The van der Waals surface area contributed by atoms with E-state index in [0.717, 1.165) is 0 Å². The Hall–Kier alpha value is -2.37. The molecule has 0 aromatic heterocycles. The van der Waals surface area contributed by atoms with E-state index in [9.17, 15) is 14.4 Å². The Labute approximate surface area is 109 Å². The van der Waals surface area contributed by atoms with Crippen molar-refractivity contribution < 1.29 is 24.6 Å². The number of aliphatic carboxylic acids is 1. The molecule has 1 fully saturated rings. The Balaban J connectivity index is 2.18. The monoisotopic (exact) mass is 263 g/mol. The van der Waals surface area contributed by atoms with Gasteiger partial charge in [0.2, 0.25) is 5.91 Å². The van der Waals surface area contributed by atoms with Crippen molar-refractivity contribution in [1.29, 1.82) is 0 Å². The Bertz CT molecular complexity index is 566. The van der Waals surface area contributed by atoms with Gasteiger partial charge in [0.1, 0.15) is 0 Å². The van der Waals surface area contributed by atoms with Gasteiger partial charge >= 0.3 is 11.9 Å². The fourth-order valence-corrected chi connectivity index (χ4v) is 1.99. The van der Waals surface area contributed by atoms with Gasteiger partial charge in [0, 0.05) is 0 Å². The number of aromatic carboxylic acids is 1. The van der Waals surface area contributed by atoms with Crippen LogP contribution in [0, 0.1) is 18.8 Å². The number of carboxylic acids is 2. The predicted molar refractivity (Wildman–Crippen MR) is 66.0 cm³/mol. The molecule has 0 aliphatic heterocycles. The van der Waals surface area contributed by atoms with Crippen LogP contribution in [0.25, 0.3) is 0 Å². The first-order chi connectivity index (χ1) is 8.91. The number of anilines is 1. The minimum absolute atomic E-state index is 0.000810. The Morgan fingerprint density at radius 1 is 1.21 bits per heavy atom. The molecule has 100 valence electrons. The summed E-state index contributed by atoms with van der Waals surface area (Å²) in [5.74, 6) is -3.80. The minimum Gasteiger partial charge on any atom is -0.481 e. The van der Waals surface area contributed by atoms with E-state index < -0.39 is 29.7 Å². The highest BCUT2D eigenvalue weighted by Crippen LogP contribution is 2.39. The number of hydrogen-bond donors (Lipinski definition) is 3. The fraction of sp³-hybridized carbons (Fsp3) is 0.308. The van der Waals surface area contributed by atoms with Crippen LogP contribution in [-0.4, -0.2) is 28.1 Å². The van der Waals surface area contributed by atoms with Crippen molar-refractivity contribution in [1.82, 2.24) is 0 Å². The first-order valence-corrected chi connectivity index (χ1v) is 5.78. The highest BCUT2D eigenvalue weighted by molar-refractivity contribution is 6.04.